The topological polar surface area (TPSA) is 86.6 Å². The van der Waals surface area contributed by atoms with Crippen LogP contribution in [0, 0.1) is 0 Å². The molecular formula is C10H17NO4. The van der Waals surface area contributed by atoms with E-state index in [1.165, 1.54) is 0 Å². The molecule has 86 valence electrons. The van der Waals surface area contributed by atoms with E-state index >= 15 is 0 Å². The van der Waals surface area contributed by atoms with E-state index in [2.05, 4.69) is 5.32 Å². The van der Waals surface area contributed by atoms with Gasteiger partial charge in [-0.05, 0) is 12.8 Å². The van der Waals surface area contributed by atoms with Crippen LogP contribution in [-0.2, 0) is 9.59 Å². The summed E-state index contributed by atoms with van der Waals surface area (Å²) in [5.41, 5.74) is 0. The molecule has 1 saturated carbocycles. The number of rotatable bonds is 4. The molecule has 0 aliphatic heterocycles. The molecule has 3 N–H and O–H groups in total. The summed E-state index contributed by atoms with van der Waals surface area (Å²) in [6, 6.07) is -0.194. The number of aliphatic hydroxyl groups excluding tert-OH is 1. The van der Waals surface area contributed by atoms with Gasteiger partial charge in [0.15, 0.2) is 0 Å². The van der Waals surface area contributed by atoms with Crippen molar-refractivity contribution in [1.29, 1.82) is 0 Å². The zero-order valence-corrected chi connectivity index (χ0v) is 8.61. The Bertz CT molecular complexity index is 242. The third-order valence-corrected chi connectivity index (χ3v) is 2.64. The van der Waals surface area contributed by atoms with Gasteiger partial charge >= 0.3 is 5.97 Å². The first-order valence-electron chi connectivity index (χ1n) is 5.29. The SMILES string of the molecule is O=C(O)CCC(=O)NC1CCCCC1O. The number of hydrogen-bond donors (Lipinski definition) is 3. The van der Waals surface area contributed by atoms with Crippen molar-refractivity contribution < 1.29 is 19.8 Å². The summed E-state index contributed by atoms with van der Waals surface area (Å²) < 4.78 is 0. The highest BCUT2D eigenvalue weighted by Crippen LogP contribution is 2.18. The highest BCUT2D eigenvalue weighted by atomic mass is 16.4. The van der Waals surface area contributed by atoms with Crippen molar-refractivity contribution in [1.82, 2.24) is 5.32 Å². The minimum atomic E-state index is -0.977. The molecule has 0 bridgehead atoms. The molecule has 0 saturated heterocycles. The number of nitrogens with one attached hydrogen (secondary N) is 1. The van der Waals surface area contributed by atoms with Crippen LogP contribution in [0.5, 0.6) is 0 Å². The largest absolute Gasteiger partial charge is 0.481 e. The van der Waals surface area contributed by atoms with Gasteiger partial charge in [0.05, 0.1) is 18.6 Å². The molecule has 1 aliphatic carbocycles. The number of aliphatic carboxylic acids is 1. The number of carbonyl (C=O) groups is 2. The van der Waals surface area contributed by atoms with Crippen molar-refractivity contribution in [2.45, 2.75) is 50.7 Å². The van der Waals surface area contributed by atoms with Crippen LogP contribution in [0.4, 0.5) is 0 Å². The van der Waals surface area contributed by atoms with Crippen LogP contribution in [0.25, 0.3) is 0 Å². The summed E-state index contributed by atoms with van der Waals surface area (Å²) in [6.45, 7) is 0. The highest BCUT2D eigenvalue weighted by molar-refractivity contribution is 5.80. The van der Waals surface area contributed by atoms with Gasteiger partial charge in [0, 0.05) is 6.42 Å². The normalized spacial score (nSPS) is 25.9. The number of aliphatic hydroxyl groups is 1. The number of carboxylic acid groups (broad SMARTS) is 1. The van der Waals surface area contributed by atoms with Gasteiger partial charge in [-0.1, -0.05) is 12.8 Å². The fourth-order valence-corrected chi connectivity index (χ4v) is 1.78. The zero-order valence-electron chi connectivity index (χ0n) is 8.61. The van der Waals surface area contributed by atoms with Gasteiger partial charge in [-0.25, -0.2) is 0 Å². The molecule has 5 heteroatoms. The lowest BCUT2D eigenvalue weighted by atomic mass is 9.92. The van der Waals surface area contributed by atoms with Crippen molar-refractivity contribution in [2.24, 2.45) is 0 Å². The van der Waals surface area contributed by atoms with Crippen molar-refractivity contribution >= 4 is 11.9 Å². The maximum Gasteiger partial charge on any atom is 0.303 e. The van der Waals surface area contributed by atoms with Gasteiger partial charge in [-0.3, -0.25) is 9.59 Å². The third-order valence-electron chi connectivity index (χ3n) is 2.64. The third kappa shape index (κ3) is 4.29. The lowest BCUT2D eigenvalue weighted by Crippen LogP contribution is -2.45. The fourth-order valence-electron chi connectivity index (χ4n) is 1.78. The van der Waals surface area contributed by atoms with E-state index in [-0.39, 0.29) is 24.8 Å². The lowest BCUT2D eigenvalue weighted by molar-refractivity contribution is -0.139. The molecule has 1 fully saturated rings. The Morgan fingerprint density at radius 3 is 2.47 bits per heavy atom. The van der Waals surface area contributed by atoms with Crippen molar-refractivity contribution in [3.05, 3.63) is 0 Å². The summed E-state index contributed by atoms with van der Waals surface area (Å²) >= 11 is 0. The molecule has 1 aliphatic rings. The van der Waals surface area contributed by atoms with E-state index in [1.807, 2.05) is 0 Å². The summed E-state index contributed by atoms with van der Waals surface area (Å²) in [5.74, 6) is -1.27. The Hall–Kier alpha value is -1.10. The van der Waals surface area contributed by atoms with Crippen molar-refractivity contribution in [2.75, 3.05) is 0 Å². The first-order chi connectivity index (χ1) is 7.09. The standard InChI is InChI=1S/C10H17NO4/c12-8-4-2-1-3-7(8)11-9(13)5-6-10(14)15/h7-8,12H,1-6H2,(H,11,13)(H,14,15). The minimum Gasteiger partial charge on any atom is -0.481 e. The van der Waals surface area contributed by atoms with Crippen LogP contribution in [0.1, 0.15) is 38.5 Å². The molecule has 1 amide bonds. The summed E-state index contributed by atoms with van der Waals surface area (Å²) in [5, 5.41) is 20.6. The van der Waals surface area contributed by atoms with Gasteiger partial charge in [0.2, 0.25) is 5.91 Å². The molecule has 0 spiro atoms. The Morgan fingerprint density at radius 2 is 1.87 bits per heavy atom. The van der Waals surface area contributed by atoms with Crippen LogP contribution in [-0.4, -0.2) is 34.2 Å². The van der Waals surface area contributed by atoms with E-state index < -0.39 is 12.1 Å². The molecule has 15 heavy (non-hydrogen) atoms. The van der Waals surface area contributed by atoms with Gasteiger partial charge in [0.25, 0.3) is 0 Å². The second kappa shape index (κ2) is 5.70. The van der Waals surface area contributed by atoms with E-state index in [0.29, 0.717) is 6.42 Å². The van der Waals surface area contributed by atoms with Crippen molar-refractivity contribution in [3.63, 3.8) is 0 Å². The molecule has 2 unspecified atom stereocenters. The molecular weight excluding hydrogens is 198 g/mol. The maximum atomic E-state index is 11.3. The molecule has 0 aromatic rings. The monoisotopic (exact) mass is 215 g/mol. The molecule has 2 atom stereocenters. The van der Waals surface area contributed by atoms with Gasteiger partial charge in [0.1, 0.15) is 0 Å². The molecule has 0 radical (unpaired) electrons. The van der Waals surface area contributed by atoms with E-state index in [4.69, 9.17) is 5.11 Å². The van der Waals surface area contributed by atoms with Crippen LogP contribution in [0.3, 0.4) is 0 Å². The Morgan fingerprint density at radius 1 is 1.20 bits per heavy atom. The highest BCUT2D eigenvalue weighted by Gasteiger charge is 2.24. The number of hydrogen-bond acceptors (Lipinski definition) is 3. The number of amides is 1. The van der Waals surface area contributed by atoms with Crippen LogP contribution >= 0.6 is 0 Å². The Labute approximate surface area is 88.5 Å². The maximum absolute atomic E-state index is 11.3. The van der Waals surface area contributed by atoms with E-state index in [0.717, 1.165) is 19.3 Å². The molecule has 1 rings (SSSR count). The van der Waals surface area contributed by atoms with Crippen LogP contribution in [0.2, 0.25) is 0 Å². The first kappa shape index (κ1) is 12.0. The van der Waals surface area contributed by atoms with E-state index in [9.17, 15) is 14.7 Å². The zero-order chi connectivity index (χ0) is 11.3. The Balaban J connectivity index is 2.26. The van der Waals surface area contributed by atoms with E-state index in [1.54, 1.807) is 0 Å². The van der Waals surface area contributed by atoms with Crippen molar-refractivity contribution in [3.8, 4) is 0 Å². The number of carbonyl (C=O) groups excluding carboxylic acids is 1. The average Bonchev–Trinajstić information content (AvgIpc) is 2.18. The molecule has 0 aromatic heterocycles. The number of carboxylic acids is 1. The van der Waals surface area contributed by atoms with Gasteiger partial charge < -0.3 is 15.5 Å². The molecule has 5 nitrogen and oxygen atoms in total. The van der Waals surface area contributed by atoms with Gasteiger partial charge in [-0.2, -0.15) is 0 Å². The fraction of sp³-hybridized carbons (Fsp3) is 0.800. The van der Waals surface area contributed by atoms with Crippen LogP contribution in [0.15, 0.2) is 0 Å². The second-order valence-electron chi connectivity index (χ2n) is 3.92. The summed E-state index contributed by atoms with van der Waals surface area (Å²) in [4.78, 5) is 21.5. The predicted octanol–water partition coefficient (Wildman–Crippen LogP) is 0.271. The quantitative estimate of drug-likeness (QED) is 0.628. The summed E-state index contributed by atoms with van der Waals surface area (Å²) in [7, 11) is 0. The average molecular weight is 215 g/mol. The Kier molecular flexibility index (Phi) is 4.55. The summed E-state index contributed by atoms with van der Waals surface area (Å²) in [6.07, 6.45) is 2.83. The predicted molar refractivity (Wildman–Crippen MR) is 53.3 cm³/mol. The first-order valence-corrected chi connectivity index (χ1v) is 5.29. The van der Waals surface area contributed by atoms with Gasteiger partial charge in [-0.15, -0.1) is 0 Å². The smallest absolute Gasteiger partial charge is 0.303 e. The second-order valence-corrected chi connectivity index (χ2v) is 3.92. The minimum absolute atomic E-state index is 0.0153. The lowest BCUT2D eigenvalue weighted by Gasteiger charge is -2.28. The van der Waals surface area contributed by atoms with Crippen LogP contribution < -0.4 is 5.32 Å². The molecule has 0 aromatic carbocycles. The molecule has 0 heterocycles.